The van der Waals surface area contributed by atoms with Gasteiger partial charge < -0.3 is 5.11 Å². The number of carbonyl (C=O) groups is 1. The highest BCUT2D eigenvalue weighted by molar-refractivity contribution is 9.08. The molecule has 1 aliphatic rings. The molecule has 17 heavy (non-hydrogen) atoms. The van der Waals surface area contributed by atoms with E-state index < -0.39 is 5.97 Å². The minimum absolute atomic E-state index is 0.196. The third kappa shape index (κ3) is 2.89. The van der Waals surface area contributed by atoms with Gasteiger partial charge in [0.1, 0.15) is 0 Å². The first-order valence-electron chi connectivity index (χ1n) is 6.10. The predicted molar refractivity (Wildman–Crippen MR) is 71.4 cm³/mol. The van der Waals surface area contributed by atoms with Crippen LogP contribution in [0.2, 0.25) is 0 Å². The number of halogens is 1. The van der Waals surface area contributed by atoms with E-state index in [2.05, 4.69) is 40.2 Å². The molecule has 0 spiro atoms. The molecular formula is C14H17BrO2. The van der Waals surface area contributed by atoms with E-state index in [1.54, 1.807) is 0 Å². The van der Waals surface area contributed by atoms with Gasteiger partial charge in [-0.3, -0.25) is 4.79 Å². The Morgan fingerprint density at radius 2 is 1.88 bits per heavy atom. The van der Waals surface area contributed by atoms with E-state index in [0.717, 1.165) is 31.0 Å². The molecule has 0 aliphatic heterocycles. The van der Waals surface area contributed by atoms with E-state index in [0.29, 0.717) is 0 Å². The molecule has 0 aromatic heterocycles. The van der Waals surface area contributed by atoms with Crippen LogP contribution in [0.3, 0.4) is 0 Å². The van der Waals surface area contributed by atoms with E-state index in [1.165, 1.54) is 11.1 Å². The van der Waals surface area contributed by atoms with Crippen molar-refractivity contribution in [2.75, 3.05) is 0 Å². The Morgan fingerprint density at radius 3 is 2.47 bits per heavy atom. The Bertz CT molecular complexity index is 386. The van der Waals surface area contributed by atoms with Gasteiger partial charge >= 0.3 is 5.97 Å². The molecule has 1 aromatic carbocycles. The topological polar surface area (TPSA) is 37.3 Å². The highest BCUT2D eigenvalue weighted by atomic mass is 79.9. The van der Waals surface area contributed by atoms with Crippen molar-refractivity contribution >= 4 is 21.9 Å². The molecule has 0 saturated heterocycles. The van der Waals surface area contributed by atoms with Crippen LogP contribution in [-0.2, 0) is 10.1 Å². The van der Waals surface area contributed by atoms with Crippen LogP contribution >= 0.6 is 15.9 Å². The van der Waals surface area contributed by atoms with Gasteiger partial charge in [0, 0.05) is 5.33 Å². The fourth-order valence-electron chi connectivity index (χ4n) is 2.68. The molecule has 3 heteroatoms. The summed E-state index contributed by atoms with van der Waals surface area (Å²) in [6.07, 6.45) is 4.02. The smallest absolute Gasteiger partial charge is 0.307 e. The second kappa shape index (κ2) is 5.67. The molecule has 92 valence electrons. The largest absolute Gasteiger partial charge is 0.481 e. The monoisotopic (exact) mass is 296 g/mol. The lowest BCUT2D eigenvalue weighted by Crippen LogP contribution is -2.25. The minimum atomic E-state index is -0.640. The predicted octanol–water partition coefficient (Wildman–Crippen LogP) is 3.94. The molecule has 0 amide bonds. The summed E-state index contributed by atoms with van der Waals surface area (Å²) in [5, 5.41) is 10.1. The van der Waals surface area contributed by atoms with Crippen LogP contribution in [0.5, 0.6) is 0 Å². The second-order valence-corrected chi connectivity index (χ2v) is 5.27. The van der Waals surface area contributed by atoms with Crippen molar-refractivity contribution in [3.8, 4) is 0 Å². The lowest BCUT2D eigenvalue weighted by Gasteiger charge is -2.28. The van der Waals surface area contributed by atoms with Crippen molar-refractivity contribution in [2.45, 2.75) is 36.9 Å². The average molecular weight is 297 g/mol. The SMILES string of the molecule is O=C(O)[C@@H]1CCCC[C@H]1c1ccc(CBr)cc1. The maximum absolute atomic E-state index is 11.3. The van der Waals surface area contributed by atoms with Crippen molar-refractivity contribution < 1.29 is 9.90 Å². The molecule has 1 N–H and O–H groups in total. The number of carboxylic acid groups (broad SMARTS) is 1. The first-order chi connectivity index (χ1) is 8.22. The summed E-state index contributed by atoms with van der Waals surface area (Å²) in [6.45, 7) is 0. The van der Waals surface area contributed by atoms with E-state index in [9.17, 15) is 9.90 Å². The molecular weight excluding hydrogens is 280 g/mol. The Morgan fingerprint density at radius 1 is 1.24 bits per heavy atom. The molecule has 0 unspecified atom stereocenters. The van der Waals surface area contributed by atoms with Crippen LogP contribution in [0.15, 0.2) is 24.3 Å². The normalized spacial score (nSPS) is 24.5. The number of alkyl halides is 1. The molecule has 1 fully saturated rings. The Kier molecular flexibility index (Phi) is 4.21. The van der Waals surface area contributed by atoms with Gasteiger partial charge in [0.2, 0.25) is 0 Å². The Hall–Kier alpha value is -0.830. The first-order valence-corrected chi connectivity index (χ1v) is 7.22. The fraction of sp³-hybridized carbons (Fsp3) is 0.500. The molecule has 1 aliphatic carbocycles. The summed E-state index contributed by atoms with van der Waals surface area (Å²) in [5.41, 5.74) is 2.42. The van der Waals surface area contributed by atoms with Crippen molar-refractivity contribution in [2.24, 2.45) is 5.92 Å². The molecule has 1 aromatic rings. The molecule has 0 heterocycles. The summed E-state index contributed by atoms with van der Waals surface area (Å²) in [4.78, 5) is 11.3. The van der Waals surface area contributed by atoms with E-state index >= 15 is 0 Å². The summed E-state index contributed by atoms with van der Waals surface area (Å²) >= 11 is 3.42. The van der Waals surface area contributed by atoms with E-state index in [-0.39, 0.29) is 11.8 Å². The van der Waals surface area contributed by atoms with Gasteiger partial charge in [0.25, 0.3) is 0 Å². The zero-order valence-electron chi connectivity index (χ0n) is 9.73. The van der Waals surface area contributed by atoms with Crippen molar-refractivity contribution in [3.63, 3.8) is 0 Å². The van der Waals surface area contributed by atoms with Crippen LogP contribution < -0.4 is 0 Å². The summed E-state index contributed by atoms with van der Waals surface area (Å²) < 4.78 is 0. The Labute approximate surface area is 110 Å². The van der Waals surface area contributed by atoms with Gasteiger partial charge in [0.15, 0.2) is 0 Å². The zero-order valence-corrected chi connectivity index (χ0v) is 11.3. The van der Waals surface area contributed by atoms with Gasteiger partial charge in [-0.15, -0.1) is 0 Å². The number of benzene rings is 1. The molecule has 2 atom stereocenters. The maximum Gasteiger partial charge on any atom is 0.307 e. The van der Waals surface area contributed by atoms with E-state index in [1.807, 2.05) is 0 Å². The van der Waals surface area contributed by atoms with E-state index in [4.69, 9.17) is 0 Å². The quantitative estimate of drug-likeness (QED) is 0.858. The molecule has 0 radical (unpaired) electrons. The molecule has 2 rings (SSSR count). The first kappa shape index (κ1) is 12.6. The van der Waals surface area contributed by atoms with Crippen LogP contribution in [0.4, 0.5) is 0 Å². The number of rotatable bonds is 3. The van der Waals surface area contributed by atoms with Crippen LogP contribution in [0, 0.1) is 5.92 Å². The number of aliphatic carboxylic acids is 1. The molecule has 0 bridgehead atoms. The van der Waals surface area contributed by atoms with Crippen LogP contribution in [0.1, 0.15) is 42.7 Å². The average Bonchev–Trinajstić information content (AvgIpc) is 2.39. The fourth-order valence-corrected chi connectivity index (χ4v) is 3.05. The summed E-state index contributed by atoms with van der Waals surface area (Å²) in [7, 11) is 0. The molecule has 2 nitrogen and oxygen atoms in total. The highest BCUT2D eigenvalue weighted by Crippen LogP contribution is 2.38. The second-order valence-electron chi connectivity index (χ2n) is 4.71. The van der Waals surface area contributed by atoms with Gasteiger partial charge in [0.05, 0.1) is 5.92 Å². The number of carboxylic acids is 1. The third-order valence-corrected chi connectivity index (χ3v) is 4.29. The molecule has 1 saturated carbocycles. The van der Waals surface area contributed by atoms with Gasteiger partial charge in [-0.25, -0.2) is 0 Å². The van der Waals surface area contributed by atoms with Crippen molar-refractivity contribution in [1.29, 1.82) is 0 Å². The third-order valence-electron chi connectivity index (χ3n) is 3.65. The van der Waals surface area contributed by atoms with Gasteiger partial charge in [-0.1, -0.05) is 53.0 Å². The van der Waals surface area contributed by atoms with Gasteiger partial charge in [-0.05, 0) is 29.9 Å². The minimum Gasteiger partial charge on any atom is -0.481 e. The summed E-state index contributed by atoms with van der Waals surface area (Å²) in [6, 6.07) is 8.33. The summed E-state index contributed by atoms with van der Waals surface area (Å²) in [5.74, 6) is -0.636. The standard InChI is InChI=1S/C14H17BrO2/c15-9-10-5-7-11(8-6-10)12-3-1-2-4-13(12)14(16)17/h5-8,12-13H,1-4,9H2,(H,16,17)/t12-,13+/m0/s1. The lowest BCUT2D eigenvalue weighted by molar-refractivity contribution is -0.143. The number of hydrogen-bond donors (Lipinski definition) is 1. The Balaban J connectivity index is 2.20. The maximum atomic E-state index is 11.3. The van der Waals surface area contributed by atoms with Crippen molar-refractivity contribution in [3.05, 3.63) is 35.4 Å². The van der Waals surface area contributed by atoms with Crippen LogP contribution in [0.25, 0.3) is 0 Å². The highest BCUT2D eigenvalue weighted by Gasteiger charge is 2.31. The zero-order chi connectivity index (χ0) is 12.3. The van der Waals surface area contributed by atoms with Gasteiger partial charge in [-0.2, -0.15) is 0 Å². The van der Waals surface area contributed by atoms with Crippen LogP contribution in [-0.4, -0.2) is 11.1 Å². The number of hydrogen-bond acceptors (Lipinski definition) is 1. The van der Waals surface area contributed by atoms with Crippen molar-refractivity contribution in [1.82, 2.24) is 0 Å². The lowest BCUT2D eigenvalue weighted by atomic mass is 9.75.